The van der Waals surface area contributed by atoms with Gasteiger partial charge in [-0.1, -0.05) is 17.7 Å². The summed E-state index contributed by atoms with van der Waals surface area (Å²) in [6.45, 7) is 0.702. The molecule has 2 aromatic heterocycles. The van der Waals surface area contributed by atoms with Crippen LogP contribution in [0.4, 0.5) is 5.82 Å². The van der Waals surface area contributed by atoms with Crippen molar-refractivity contribution in [3.8, 4) is 0 Å². The molecule has 0 saturated heterocycles. The minimum Gasteiger partial charge on any atom is -0.353 e. The highest BCUT2D eigenvalue weighted by atomic mass is 79.9. The fourth-order valence-electron chi connectivity index (χ4n) is 1.50. The summed E-state index contributed by atoms with van der Waals surface area (Å²) in [7, 11) is 1.97. The lowest BCUT2D eigenvalue weighted by Gasteiger charge is -2.18. The summed E-state index contributed by atoms with van der Waals surface area (Å²) in [4.78, 5) is 10.6. The van der Waals surface area contributed by atoms with Crippen molar-refractivity contribution in [2.75, 3.05) is 11.9 Å². The Hall–Kier alpha value is -1.13. The van der Waals surface area contributed by atoms with Crippen molar-refractivity contribution >= 4 is 33.3 Å². The van der Waals surface area contributed by atoms with Gasteiger partial charge in [-0.05, 0) is 34.1 Å². The second kappa shape index (κ2) is 5.47. The second-order valence-corrected chi connectivity index (χ2v) is 4.93. The van der Waals surface area contributed by atoms with Crippen LogP contribution in [0.15, 0.2) is 41.1 Å². The Bertz CT molecular complexity index is 504. The fourth-order valence-corrected chi connectivity index (χ4v) is 2.44. The second-order valence-electron chi connectivity index (χ2n) is 3.64. The van der Waals surface area contributed by atoms with Gasteiger partial charge in [-0.3, -0.25) is 4.98 Å². The summed E-state index contributed by atoms with van der Waals surface area (Å²) in [5, 5.41) is 0.617. The number of hydrogen-bond donors (Lipinski definition) is 0. The molecule has 5 heteroatoms. The Morgan fingerprint density at radius 2 is 2.18 bits per heavy atom. The van der Waals surface area contributed by atoms with Crippen LogP contribution < -0.4 is 4.90 Å². The summed E-state index contributed by atoms with van der Waals surface area (Å²) in [5.74, 6) is 0.847. The van der Waals surface area contributed by atoms with Crippen molar-refractivity contribution in [2.24, 2.45) is 0 Å². The largest absolute Gasteiger partial charge is 0.353 e. The van der Waals surface area contributed by atoms with Gasteiger partial charge in [0.1, 0.15) is 5.82 Å². The molecule has 0 aromatic carbocycles. The molecule has 88 valence electrons. The molecule has 0 saturated carbocycles. The molecule has 2 aromatic rings. The van der Waals surface area contributed by atoms with Gasteiger partial charge in [0.15, 0.2) is 0 Å². The standard InChI is InChI=1S/C12H11BrClN3/c1-17(8-10-4-2-3-5-15-10)12-11(13)6-9(14)7-16-12/h2-7H,8H2,1H3. The Balaban J connectivity index is 2.17. The molecule has 0 fully saturated rings. The van der Waals surface area contributed by atoms with Crippen LogP contribution >= 0.6 is 27.5 Å². The van der Waals surface area contributed by atoms with E-state index in [0.717, 1.165) is 16.0 Å². The van der Waals surface area contributed by atoms with Gasteiger partial charge in [0.2, 0.25) is 0 Å². The normalized spacial score (nSPS) is 10.3. The molecular formula is C12H11BrClN3. The predicted molar refractivity (Wildman–Crippen MR) is 73.3 cm³/mol. The van der Waals surface area contributed by atoms with Crippen LogP contribution in [-0.4, -0.2) is 17.0 Å². The van der Waals surface area contributed by atoms with E-state index in [4.69, 9.17) is 11.6 Å². The Labute approximate surface area is 114 Å². The Morgan fingerprint density at radius 1 is 1.35 bits per heavy atom. The molecule has 2 heterocycles. The zero-order valence-corrected chi connectivity index (χ0v) is 11.6. The van der Waals surface area contributed by atoms with E-state index >= 15 is 0 Å². The molecule has 0 aliphatic rings. The van der Waals surface area contributed by atoms with Gasteiger partial charge in [0.05, 0.1) is 21.7 Å². The summed E-state index contributed by atoms with van der Waals surface area (Å²) in [6, 6.07) is 7.69. The van der Waals surface area contributed by atoms with E-state index in [2.05, 4.69) is 25.9 Å². The van der Waals surface area contributed by atoms with Gasteiger partial charge < -0.3 is 4.90 Å². The quantitative estimate of drug-likeness (QED) is 0.868. The minimum absolute atomic E-state index is 0.617. The molecular weight excluding hydrogens is 302 g/mol. The maximum atomic E-state index is 5.86. The van der Waals surface area contributed by atoms with Gasteiger partial charge >= 0.3 is 0 Å². The average molecular weight is 313 g/mol. The number of rotatable bonds is 3. The average Bonchev–Trinajstić information content (AvgIpc) is 2.30. The number of anilines is 1. The van der Waals surface area contributed by atoms with E-state index in [1.165, 1.54) is 0 Å². The zero-order chi connectivity index (χ0) is 12.3. The van der Waals surface area contributed by atoms with Crippen LogP contribution in [-0.2, 0) is 6.54 Å². The van der Waals surface area contributed by atoms with Crippen LogP contribution in [0.1, 0.15) is 5.69 Å². The molecule has 0 N–H and O–H groups in total. The summed E-state index contributed by atoms with van der Waals surface area (Å²) in [6.07, 6.45) is 3.42. The van der Waals surface area contributed by atoms with Crippen molar-refractivity contribution in [3.63, 3.8) is 0 Å². The van der Waals surface area contributed by atoms with Gasteiger partial charge in [0.25, 0.3) is 0 Å². The summed E-state index contributed by atoms with van der Waals surface area (Å²) >= 11 is 9.31. The topological polar surface area (TPSA) is 29.0 Å². The van der Waals surface area contributed by atoms with Crippen LogP contribution in [0, 0.1) is 0 Å². The molecule has 0 aliphatic heterocycles. The number of hydrogen-bond acceptors (Lipinski definition) is 3. The van der Waals surface area contributed by atoms with Crippen LogP contribution in [0.2, 0.25) is 5.02 Å². The van der Waals surface area contributed by atoms with Crippen molar-refractivity contribution in [3.05, 3.63) is 51.8 Å². The highest BCUT2D eigenvalue weighted by molar-refractivity contribution is 9.10. The third-order valence-corrected chi connectivity index (χ3v) is 3.07. The molecule has 2 rings (SSSR count). The first kappa shape index (κ1) is 12.3. The maximum absolute atomic E-state index is 5.86. The number of pyridine rings is 2. The van der Waals surface area contributed by atoms with E-state index in [-0.39, 0.29) is 0 Å². The Kier molecular flexibility index (Phi) is 3.97. The third-order valence-electron chi connectivity index (χ3n) is 2.28. The van der Waals surface area contributed by atoms with E-state index in [1.807, 2.05) is 36.2 Å². The molecule has 0 amide bonds. The number of aromatic nitrogens is 2. The molecule has 0 bridgehead atoms. The molecule has 0 atom stereocenters. The highest BCUT2D eigenvalue weighted by Crippen LogP contribution is 2.26. The van der Waals surface area contributed by atoms with Crippen LogP contribution in [0.25, 0.3) is 0 Å². The zero-order valence-electron chi connectivity index (χ0n) is 9.27. The van der Waals surface area contributed by atoms with Gasteiger partial charge in [-0.15, -0.1) is 0 Å². The van der Waals surface area contributed by atoms with E-state index in [0.29, 0.717) is 11.6 Å². The first-order chi connectivity index (χ1) is 8.16. The van der Waals surface area contributed by atoms with E-state index in [1.54, 1.807) is 12.4 Å². The summed E-state index contributed by atoms with van der Waals surface area (Å²) in [5.41, 5.74) is 0.999. The minimum atomic E-state index is 0.617. The van der Waals surface area contributed by atoms with Crippen molar-refractivity contribution in [1.29, 1.82) is 0 Å². The smallest absolute Gasteiger partial charge is 0.143 e. The molecule has 17 heavy (non-hydrogen) atoms. The lowest BCUT2D eigenvalue weighted by atomic mass is 10.3. The Morgan fingerprint density at radius 3 is 2.82 bits per heavy atom. The summed E-state index contributed by atoms with van der Waals surface area (Å²) < 4.78 is 0.878. The SMILES string of the molecule is CN(Cc1ccccn1)c1ncc(Cl)cc1Br. The van der Waals surface area contributed by atoms with Gasteiger partial charge in [-0.2, -0.15) is 0 Å². The number of nitrogens with zero attached hydrogens (tertiary/aromatic N) is 3. The lowest BCUT2D eigenvalue weighted by Crippen LogP contribution is -2.18. The van der Waals surface area contributed by atoms with Gasteiger partial charge in [0, 0.05) is 19.4 Å². The van der Waals surface area contributed by atoms with Crippen molar-refractivity contribution < 1.29 is 0 Å². The molecule has 0 unspecified atom stereocenters. The lowest BCUT2D eigenvalue weighted by molar-refractivity contribution is 0.863. The first-order valence-electron chi connectivity index (χ1n) is 5.09. The fraction of sp³-hybridized carbons (Fsp3) is 0.167. The number of halogens is 2. The van der Waals surface area contributed by atoms with E-state index in [9.17, 15) is 0 Å². The monoisotopic (exact) mass is 311 g/mol. The first-order valence-corrected chi connectivity index (χ1v) is 6.26. The van der Waals surface area contributed by atoms with Crippen LogP contribution in [0.5, 0.6) is 0 Å². The van der Waals surface area contributed by atoms with Crippen molar-refractivity contribution in [2.45, 2.75) is 6.54 Å². The van der Waals surface area contributed by atoms with E-state index < -0.39 is 0 Å². The van der Waals surface area contributed by atoms with Gasteiger partial charge in [-0.25, -0.2) is 4.98 Å². The van der Waals surface area contributed by atoms with Crippen molar-refractivity contribution in [1.82, 2.24) is 9.97 Å². The molecule has 0 spiro atoms. The predicted octanol–water partition coefficient (Wildman–Crippen LogP) is 3.53. The molecule has 0 radical (unpaired) electrons. The molecule has 0 aliphatic carbocycles. The third kappa shape index (κ3) is 3.17. The maximum Gasteiger partial charge on any atom is 0.143 e. The molecule has 3 nitrogen and oxygen atoms in total. The van der Waals surface area contributed by atoms with Crippen LogP contribution in [0.3, 0.4) is 0 Å². The highest BCUT2D eigenvalue weighted by Gasteiger charge is 2.08.